The Morgan fingerprint density at radius 2 is 1.81 bits per heavy atom. The summed E-state index contributed by atoms with van der Waals surface area (Å²) in [5.41, 5.74) is 0.739. The quantitative estimate of drug-likeness (QED) is 0.463. The Balaban J connectivity index is 1.69. The van der Waals surface area contributed by atoms with Crippen molar-refractivity contribution in [1.29, 1.82) is 0 Å². The van der Waals surface area contributed by atoms with E-state index < -0.39 is 11.2 Å². The Kier molecular flexibility index (Phi) is 5.62. The van der Waals surface area contributed by atoms with Crippen molar-refractivity contribution in [1.82, 2.24) is 29.1 Å². The van der Waals surface area contributed by atoms with Crippen LogP contribution in [0.1, 0.15) is 24.2 Å². The molecule has 0 saturated heterocycles. The van der Waals surface area contributed by atoms with Gasteiger partial charge in [0.2, 0.25) is 0 Å². The van der Waals surface area contributed by atoms with Gasteiger partial charge in [-0.25, -0.2) is 19.7 Å². The number of nitrogens with one attached hydrogen (secondary N) is 1. The number of H-pyrrole nitrogens is 1. The van der Waals surface area contributed by atoms with Gasteiger partial charge in [-0.2, -0.15) is 0 Å². The predicted octanol–water partition coefficient (Wildman–Crippen LogP) is 2.31. The second-order valence-electron chi connectivity index (χ2n) is 7.00. The lowest BCUT2D eigenvalue weighted by molar-refractivity contribution is 0.0992. The first-order chi connectivity index (χ1) is 15.3. The van der Waals surface area contributed by atoms with Gasteiger partial charge in [-0.15, -0.1) is 0 Å². The summed E-state index contributed by atoms with van der Waals surface area (Å²) >= 11 is 5.78. The van der Waals surface area contributed by atoms with Gasteiger partial charge in [-0.05, 0) is 38.1 Å². The molecule has 0 spiro atoms. The third kappa shape index (κ3) is 3.58. The fraction of sp³-hybridized carbons (Fsp3) is 0.238. The van der Waals surface area contributed by atoms with Crippen molar-refractivity contribution < 1.29 is 4.79 Å². The first-order valence-electron chi connectivity index (χ1n) is 9.95. The van der Waals surface area contributed by atoms with E-state index in [-0.39, 0.29) is 18.0 Å². The third-order valence-corrected chi connectivity index (χ3v) is 5.36. The summed E-state index contributed by atoms with van der Waals surface area (Å²) in [6.45, 7) is 4.21. The lowest BCUT2D eigenvalue weighted by atomic mass is 10.2. The average Bonchev–Trinajstić information content (AvgIpc) is 3.25. The summed E-state index contributed by atoms with van der Waals surface area (Å²) in [5, 5.41) is 0.303. The first-order valence-corrected chi connectivity index (χ1v) is 10.3. The van der Waals surface area contributed by atoms with Crippen LogP contribution in [0.2, 0.25) is 5.15 Å². The van der Waals surface area contributed by atoms with E-state index in [9.17, 15) is 14.4 Å². The number of halogens is 1. The molecule has 0 radical (unpaired) electrons. The number of aromatic nitrogens is 6. The molecule has 32 heavy (non-hydrogen) atoms. The van der Waals surface area contributed by atoms with Gasteiger partial charge in [0.1, 0.15) is 22.3 Å². The van der Waals surface area contributed by atoms with E-state index in [1.807, 2.05) is 6.92 Å². The number of hydrogen-bond acceptors (Lipinski definition) is 6. The van der Waals surface area contributed by atoms with Crippen molar-refractivity contribution in [2.75, 3.05) is 11.9 Å². The summed E-state index contributed by atoms with van der Waals surface area (Å²) in [6.07, 6.45) is 2.95. The fourth-order valence-electron chi connectivity index (χ4n) is 3.39. The van der Waals surface area contributed by atoms with Gasteiger partial charge in [-0.1, -0.05) is 11.6 Å². The van der Waals surface area contributed by atoms with Crippen LogP contribution in [0, 0.1) is 0 Å². The average molecular weight is 454 g/mol. The zero-order chi connectivity index (χ0) is 23.0. The molecule has 0 unspecified atom stereocenters. The number of hydrogen-bond donors (Lipinski definition) is 1. The van der Waals surface area contributed by atoms with Crippen molar-refractivity contribution >= 4 is 34.5 Å². The van der Waals surface area contributed by atoms with Gasteiger partial charge in [-0.3, -0.25) is 23.6 Å². The molecular formula is C21H20ClN7O3. The second-order valence-corrected chi connectivity index (χ2v) is 7.39. The van der Waals surface area contributed by atoms with E-state index in [1.165, 1.54) is 20.2 Å². The number of fused-ring (bicyclic) bond motifs is 1. The molecule has 1 N–H and O–H groups in total. The molecule has 4 rings (SSSR count). The zero-order valence-electron chi connectivity index (χ0n) is 17.7. The Labute approximate surface area is 187 Å². The van der Waals surface area contributed by atoms with Crippen molar-refractivity contribution in [3.8, 4) is 11.4 Å². The van der Waals surface area contributed by atoms with Gasteiger partial charge < -0.3 is 4.98 Å². The van der Waals surface area contributed by atoms with Crippen LogP contribution in [0.3, 0.4) is 0 Å². The van der Waals surface area contributed by atoms with Crippen LogP contribution >= 0.6 is 11.6 Å². The highest BCUT2D eigenvalue weighted by Crippen LogP contribution is 2.21. The minimum Gasteiger partial charge on any atom is -0.332 e. The van der Waals surface area contributed by atoms with Crippen LogP contribution in [0.4, 0.5) is 5.82 Å². The van der Waals surface area contributed by atoms with E-state index in [4.69, 9.17) is 11.6 Å². The van der Waals surface area contributed by atoms with Crippen LogP contribution in [0.25, 0.3) is 22.6 Å². The molecule has 4 aromatic rings. The van der Waals surface area contributed by atoms with Gasteiger partial charge >= 0.3 is 5.69 Å². The largest absolute Gasteiger partial charge is 0.332 e. The molecule has 0 aliphatic carbocycles. The molecule has 11 heteroatoms. The number of carbonyl (C=O) groups excluding carboxylic acids is 1. The van der Waals surface area contributed by atoms with Crippen LogP contribution in [0.15, 0.2) is 46.2 Å². The minimum absolute atomic E-state index is 0.259. The predicted molar refractivity (Wildman–Crippen MR) is 121 cm³/mol. The Bertz CT molecular complexity index is 1420. The van der Waals surface area contributed by atoms with Crippen LogP contribution < -0.4 is 16.1 Å². The Morgan fingerprint density at radius 1 is 1.06 bits per heavy atom. The number of rotatable bonds is 5. The molecule has 10 nitrogen and oxygen atoms in total. The maximum atomic E-state index is 12.7. The van der Waals surface area contributed by atoms with Gasteiger partial charge in [0.25, 0.3) is 11.5 Å². The number of anilines is 1. The number of pyridine rings is 2. The Morgan fingerprint density at radius 3 is 2.41 bits per heavy atom. The highest BCUT2D eigenvalue weighted by molar-refractivity contribution is 6.29. The number of imidazole rings is 1. The third-order valence-electron chi connectivity index (χ3n) is 5.14. The number of aromatic amines is 1. The highest BCUT2D eigenvalue weighted by atomic mass is 35.5. The molecule has 0 bridgehead atoms. The Hall–Kier alpha value is -3.79. The number of carbonyl (C=O) groups is 1. The molecule has 0 aliphatic heterocycles. The molecule has 0 aromatic carbocycles. The molecule has 0 fully saturated rings. The van der Waals surface area contributed by atoms with E-state index in [1.54, 1.807) is 44.4 Å². The summed E-state index contributed by atoms with van der Waals surface area (Å²) in [5.74, 6) is 0.538. The minimum atomic E-state index is -0.414. The lowest BCUT2D eigenvalue weighted by Crippen LogP contribution is -2.39. The molecular weight excluding hydrogens is 434 g/mol. The normalized spacial score (nSPS) is 11.1. The molecule has 4 aromatic heterocycles. The molecule has 164 valence electrons. The summed E-state index contributed by atoms with van der Waals surface area (Å²) in [4.78, 5) is 55.0. The zero-order valence-corrected chi connectivity index (χ0v) is 18.4. The number of nitrogens with zero attached hydrogens (tertiary/aromatic N) is 6. The van der Waals surface area contributed by atoms with E-state index >= 15 is 0 Å². The second kappa shape index (κ2) is 8.39. The first kappa shape index (κ1) is 21.4. The van der Waals surface area contributed by atoms with Gasteiger partial charge in [0, 0.05) is 38.1 Å². The van der Waals surface area contributed by atoms with E-state index in [0.29, 0.717) is 40.1 Å². The summed E-state index contributed by atoms with van der Waals surface area (Å²) in [7, 11) is 1.60. The van der Waals surface area contributed by atoms with Crippen molar-refractivity contribution in [3.63, 3.8) is 0 Å². The van der Waals surface area contributed by atoms with E-state index in [2.05, 4.69) is 19.9 Å². The van der Waals surface area contributed by atoms with Gasteiger partial charge in [0.05, 0.1) is 5.56 Å². The SMILES string of the molecule is CCn1c(=O)c2[nH]c(-c3ccc(N(C)C(=O)c4ccc(Cl)nc4)nc3)nc2n(CC)c1=O. The van der Waals surface area contributed by atoms with Crippen LogP contribution in [0.5, 0.6) is 0 Å². The number of amides is 1. The maximum absolute atomic E-state index is 12.7. The van der Waals surface area contributed by atoms with Crippen molar-refractivity contribution in [2.24, 2.45) is 0 Å². The molecule has 1 amide bonds. The lowest BCUT2D eigenvalue weighted by Gasteiger charge is -2.16. The van der Waals surface area contributed by atoms with E-state index in [0.717, 1.165) is 0 Å². The molecule has 0 aliphatic rings. The highest BCUT2D eigenvalue weighted by Gasteiger charge is 2.18. The maximum Gasteiger partial charge on any atom is 0.332 e. The fourth-order valence-corrected chi connectivity index (χ4v) is 3.50. The monoisotopic (exact) mass is 453 g/mol. The van der Waals surface area contributed by atoms with Gasteiger partial charge in [0.15, 0.2) is 5.65 Å². The van der Waals surface area contributed by atoms with Crippen molar-refractivity contribution in [2.45, 2.75) is 26.9 Å². The molecule has 4 heterocycles. The standard InChI is InChI=1S/C21H20ClN7O3/c1-4-28-18-16(20(31)29(5-2)21(28)32)25-17(26-18)12-7-9-15(24-10-12)27(3)19(30)13-6-8-14(22)23-11-13/h6-11H,4-5H2,1-3H3,(H,25,26). The number of aryl methyl sites for hydroxylation is 1. The molecule has 0 saturated carbocycles. The van der Waals surface area contributed by atoms with Crippen molar-refractivity contribution in [3.05, 3.63) is 68.2 Å². The summed E-state index contributed by atoms with van der Waals surface area (Å²) in [6, 6.07) is 6.54. The topological polar surface area (TPSA) is 119 Å². The van der Waals surface area contributed by atoms with Crippen LogP contribution in [-0.2, 0) is 13.1 Å². The molecule has 0 atom stereocenters. The van der Waals surface area contributed by atoms with Crippen LogP contribution in [-0.4, -0.2) is 42.0 Å². The smallest absolute Gasteiger partial charge is 0.332 e. The summed E-state index contributed by atoms with van der Waals surface area (Å²) < 4.78 is 2.62.